The average molecular weight is 106 g/mol. The van der Waals surface area contributed by atoms with Crippen LogP contribution in [0.1, 0.15) is 0 Å². The first-order valence-electron chi connectivity index (χ1n) is 1.73. The maximum Gasteiger partial charge on any atom is 0.613 e. The normalized spacial score (nSPS) is 28.3. The fourth-order valence-electron chi connectivity index (χ4n) is 0.311. The highest BCUT2D eigenvalue weighted by atomic mass is 31.1. The molecule has 1 unspecified atom stereocenters. The zero-order valence-corrected chi connectivity index (χ0v) is 4.07. The van der Waals surface area contributed by atoms with Crippen LogP contribution in [0.5, 0.6) is 0 Å². The van der Waals surface area contributed by atoms with E-state index >= 15 is 0 Å². The summed E-state index contributed by atoms with van der Waals surface area (Å²) in [5.74, 6) is 0. The van der Waals surface area contributed by atoms with E-state index < -0.39 is 8.18 Å². The predicted molar refractivity (Wildman–Crippen MR) is 21.6 cm³/mol. The van der Waals surface area contributed by atoms with Crippen molar-refractivity contribution in [3.05, 3.63) is 0 Å². The molecule has 1 saturated heterocycles. The van der Waals surface area contributed by atoms with Crippen LogP contribution in [0.3, 0.4) is 0 Å². The van der Waals surface area contributed by atoms with Crippen molar-refractivity contribution in [3.63, 3.8) is 0 Å². The molecule has 1 heterocycles. The van der Waals surface area contributed by atoms with E-state index in [2.05, 4.69) is 9.61 Å². The Kier molecular flexibility index (Phi) is 1.15. The molecule has 0 radical (unpaired) electrons. The van der Waals surface area contributed by atoms with E-state index in [-0.39, 0.29) is 0 Å². The lowest BCUT2D eigenvalue weighted by Gasteiger charge is -1.58. The molecular formula is C2H5NO2P+. The highest BCUT2D eigenvalue weighted by molar-refractivity contribution is 7.37. The van der Waals surface area contributed by atoms with Crippen LogP contribution in [0.25, 0.3) is 0 Å². The van der Waals surface area contributed by atoms with Crippen molar-refractivity contribution < 1.29 is 9.09 Å². The van der Waals surface area contributed by atoms with E-state index in [0.29, 0.717) is 6.61 Å². The summed E-state index contributed by atoms with van der Waals surface area (Å²) < 4.78 is 14.6. The number of hydrogen-bond acceptors (Lipinski definition) is 2. The first-order chi connectivity index (χ1) is 2.89. The fraction of sp³-hybridized carbons (Fsp3) is 1.00. The minimum atomic E-state index is -1.47. The molecule has 0 aromatic heterocycles. The first kappa shape index (κ1) is 4.19. The zero-order chi connectivity index (χ0) is 4.41. The molecule has 4 heteroatoms. The van der Waals surface area contributed by atoms with Crippen LogP contribution < -0.4 is 5.09 Å². The summed E-state index contributed by atoms with van der Waals surface area (Å²) in [5.41, 5.74) is 0. The van der Waals surface area contributed by atoms with Gasteiger partial charge in [-0.1, -0.05) is 5.09 Å². The van der Waals surface area contributed by atoms with Gasteiger partial charge < -0.3 is 0 Å². The topological polar surface area (TPSA) is 38.3 Å². The molecule has 1 fully saturated rings. The lowest BCUT2D eigenvalue weighted by molar-refractivity contribution is 0.374. The summed E-state index contributed by atoms with van der Waals surface area (Å²) in [4.78, 5) is 0. The maximum absolute atomic E-state index is 10.1. The Balaban J connectivity index is 2.37. The minimum Gasteiger partial charge on any atom is -0.128 e. The fourth-order valence-corrected chi connectivity index (χ4v) is 0.933. The van der Waals surface area contributed by atoms with Gasteiger partial charge in [0.05, 0.1) is 6.54 Å². The van der Waals surface area contributed by atoms with Crippen molar-refractivity contribution in [3.8, 4) is 0 Å². The van der Waals surface area contributed by atoms with Gasteiger partial charge in [0.2, 0.25) is 0 Å². The second-order valence-corrected chi connectivity index (χ2v) is 2.09. The van der Waals surface area contributed by atoms with Crippen LogP contribution in [0, 0.1) is 0 Å². The highest BCUT2D eigenvalue weighted by Crippen LogP contribution is 2.19. The third kappa shape index (κ3) is 0.744. The predicted octanol–water partition coefficient (Wildman–Crippen LogP) is 0.264. The SMILES string of the molecule is O=[P+]1NCCO1. The molecule has 1 N–H and O–H groups in total. The minimum absolute atomic E-state index is 0.592. The van der Waals surface area contributed by atoms with Crippen LogP contribution in [0.4, 0.5) is 0 Å². The standard InChI is InChI=1S/C2H5NO2P/c4-6-3-1-2-5-6/h1-2H2,(H,3,4)/q+1. The van der Waals surface area contributed by atoms with Gasteiger partial charge in [0.25, 0.3) is 0 Å². The Morgan fingerprint density at radius 1 is 1.83 bits per heavy atom. The average Bonchev–Trinajstić information content (AvgIpc) is 1.86. The second kappa shape index (κ2) is 1.65. The molecule has 1 aliphatic heterocycles. The van der Waals surface area contributed by atoms with Crippen LogP contribution >= 0.6 is 8.18 Å². The summed E-state index contributed by atoms with van der Waals surface area (Å²) in [7, 11) is -1.47. The quantitative estimate of drug-likeness (QED) is 0.450. The van der Waals surface area contributed by atoms with Gasteiger partial charge in [-0.05, 0) is 4.57 Å². The highest BCUT2D eigenvalue weighted by Gasteiger charge is 2.23. The summed E-state index contributed by atoms with van der Waals surface area (Å²) >= 11 is 0. The van der Waals surface area contributed by atoms with Crippen molar-refractivity contribution in [1.82, 2.24) is 5.09 Å². The van der Waals surface area contributed by atoms with Crippen molar-refractivity contribution in [1.29, 1.82) is 0 Å². The molecular weight excluding hydrogens is 101 g/mol. The molecule has 34 valence electrons. The summed E-state index contributed by atoms with van der Waals surface area (Å²) in [6, 6.07) is 0. The van der Waals surface area contributed by atoms with E-state index in [4.69, 9.17) is 0 Å². The Morgan fingerprint density at radius 3 is 2.83 bits per heavy atom. The van der Waals surface area contributed by atoms with Gasteiger partial charge >= 0.3 is 8.18 Å². The summed E-state index contributed by atoms with van der Waals surface area (Å²) in [5, 5.41) is 2.61. The molecule has 1 atom stereocenters. The molecule has 1 rings (SSSR count). The smallest absolute Gasteiger partial charge is 0.128 e. The maximum atomic E-state index is 10.1. The van der Waals surface area contributed by atoms with Gasteiger partial charge in [0, 0.05) is 0 Å². The van der Waals surface area contributed by atoms with Crippen LogP contribution in [0.15, 0.2) is 0 Å². The molecule has 1 aliphatic rings. The van der Waals surface area contributed by atoms with E-state index in [1.807, 2.05) is 0 Å². The second-order valence-electron chi connectivity index (χ2n) is 0.998. The van der Waals surface area contributed by atoms with Gasteiger partial charge in [0.1, 0.15) is 6.61 Å². The molecule has 0 saturated carbocycles. The molecule has 0 aromatic carbocycles. The molecule has 3 nitrogen and oxygen atoms in total. The molecule has 0 aliphatic carbocycles. The van der Waals surface area contributed by atoms with Gasteiger partial charge in [-0.2, -0.15) is 0 Å². The molecule has 0 amide bonds. The third-order valence-corrected chi connectivity index (χ3v) is 1.45. The van der Waals surface area contributed by atoms with Gasteiger partial charge in [-0.15, -0.1) is 4.52 Å². The van der Waals surface area contributed by atoms with Crippen LogP contribution in [-0.4, -0.2) is 13.2 Å². The zero-order valence-electron chi connectivity index (χ0n) is 3.18. The van der Waals surface area contributed by atoms with Crippen molar-refractivity contribution in [2.45, 2.75) is 0 Å². The van der Waals surface area contributed by atoms with E-state index in [9.17, 15) is 4.57 Å². The van der Waals surface area contributed by atoms with Gasteiger partial charge in [0.15, 0.2) is 0 Å². The van der Waals surface area contributed by atoms with E-state index in [1.54, 1.807) is 0 Å². The largest absolute Gasteiger partial charge is 0.613 e. The van der Waals surface area contributed by atoms with Crippen LogP contribution in [0.2, 0.25) is 0 Å². The van der Waals surface area contributed by atoms with Crippen LogP contribution in [-0.2, 0) is 9.09 Å². The van der Waals surface area contributed by atoms with Gasteiger partial charge in [-0.3, -0.25) is 0 Å². The van der Waals surface area contributed by atoms with E-state index in [1.165, 1.54) is 0 Å². The Labute approximate surface area is 36.6 Å². The van der Waals surface area contributed by atoms with Crippen molar-refractivity contribution in [2.24, 2.45) is 0 Å². The monoisotopic (exact) mass is 106 g/mol. The van der Waals surface area contributed by atoms with E-state index in [0.717, 1.165) is 6.54 Å². The van der Waals surface area contributed by atoms with Gasteiger partial charge in [-0.25, -0.2) is 0 Å². The molecule has 0 spiro atoms. The number of nitrogens with one attached hydrogen (secondary N) is 1. The van der Waals surface area contributed by atoms with Crippen molar-refractivity contribution in [2.75, 3.05) is 13.2 Å². The lowest BCUT2D eigenvalue weighted by Crippen LogP contribution is -1.96. The molecule has 6 heavy (non-hydrogen) atoms. The lowest BCUT2D eigenvalue weighted by atomic mass is 10.8. The third-order valence-electron chi connectivity index (χ3n) is 0.552. The molecule has 0 aromatic rings. The number of hydrogen-bond donors (Lipinski definition) is 1. The Hall–Kier alpha value is 0.0200. The van der Waals surface area contributed by atoms with Crippen molar-refractivity contribution >= 4 is 8.18 Å². The number of rotatable bonds is 0. The Morgan fingerprint density at radius 2 is 2.67 bits per heavy atom. The summed E-state index contributed by atoms with van der Waals surface area (Å²) in [6.45, 7) is 1.32. The first-order valence-corrected chi connectivity index (χ1v) is 2.91. The summed E-state index contributed by atoms with van der Waals surface area (Å²) in [6.07, 6.45) is 0. The Bertz CT molecular complexity index is 65.9. The molecule has 0 bridgehead atoms.